The van der Waals surface area contributed by atoms with E-state index in [1.165, 1.54) is 0 Å². The molecule has 138 valence electrons. The molecule has 0 spiro atoms. The van der Waals surface area contributed by atoms with Crippen LogP contribution in [-0.4, -0.2) is 96.1 Å². The van der Waals surface area contributed by atoms with Gasteiger partial charge in [-0.25, -0.2) is 0 Å². The molecule has 0 heterocycles. The van der Waals surface area contributed by atoms with Gasteiger partial charge in [0.15, 0.2) is 0 Å². The van der Waals surface area contributed by atoms with E-state index in [1.807, 2.05) is 0 Å². The number of carbonyl (C=O) groups is 1. The van der Waals surface area contributed by atoms with Crippen molar-refractivity contribution in [1.82, 2.24) is 0 Å². The minimum atomic E-state index is -1.20. The molecule has 0 atom stereocenters. The van der Waals surface area contributed by atoms with Crippen LogP contribution in [0.25, 0.3) is 0 Å². The molecule has 0 fully saturated rings. The van der Waals surface area contributed by atoms with Crippen LogP contribution in [0, 0.1) is 10.8 Å². The van der Waals surface area contributed by atoms with Gasteiger partial charge < -0.3 is 40.1 Å². The summed E-state index contributed by atoms with van der Waals surface area (Å²) in [4.78, 5) is 10.4. The number of ether oxygens (including phenoxy) is 2. The third-order valence-corrected chi connectivity index (χ3v) is 3.58. The van der Waals surface area contributed by atoms with E-state index in [9.17, 15) is 30.3 Å². The van der Waals surface area contributed by atoms with Crippen molar-refractivity contribution in [2.75, 3.05) is 59.5 Å². The Labute approximate surface area is 135 Å². The number of aliphatic hydroxyl groups excluding tert-OH is 5. The third kappa shape index (κ3) is 8.02. The molecule has 23 heavy (non-hydrogen) atoms. The van der Waals surface area contributed by atoms with Gasteiger partial charge in [0.05, 0.1) is 63.7 Å². The van der Waals surface area contributed by atoms with Gasteiger partial charge in [-0.05, 0) is 6.42 Å². The van der Waals surface area contributed by atoms with E-state index in [0.29, 0.717) is 6.42 Å². The number of rotatable bonds is 15. The Morgan fingerprint density at radius 1 is 0.739 bits per heavy atom. The van der Waals surface area contributed by atoms with Crippen LogP contribution in [0.5, 0.6) is 0 Å². The fourth-order valence-corrected chi connectivity index (χ4v) is 1.66. The summed E-state index contributed by atoms with van der Waals surface area (Å²) in [7, 11) is 0. The molecule has 0 aromatic carbocycles. The first kappa shape index (κ1) is 22.2. The van der Waals surface area contributed by atoms with Gasteiger partial charge in [0.2, 0.25) is 0 Å². The maximum absolute atomic E-state index is 10.4. The molecule has 0 saturated carbocycles. The van der Waals surface area contributed by atoms with Crippen LogP contribution >= 0.6 is 0 Å². The Bertz CT molecular complexity index is 305. The van der Waals surface area contributed by atoms with Gasteiger partial charge in [0.25, 0.3) is 0 Å². The van der Waals surface area contributed by atoms with Gasteiger partial charge >= 0.3 is 5.97 Å². The molecule has 0 amide bonds. The van der Waals surface area contributed by atoms with Crippen LogP contribution in [0.1, 0.15) is 12.8 Å². The SMILES string of the molecule is O=C(O)CCCOCC(CO)(CO)COCC(CO)(CO)CO. The maximum Gasteiger partial charge on any atom is 0.303 e. The Kier molecular flexibility index (Phi) is 11.3. The molecule has 0 aliphatic rings. The zero-order valence-corrected chi connectivity index (χ0v) is 13.2. The fraction of sp³-hybridized carbons (Fsp3) is 0.929. The van der Waals surface area contributed by atoms with Crippen LogP contribution in [0.3, 0.4) is 0 Å². The summed E-state index contributed by atoms with van der Waals surface area (Å²) in [6.45, 7) is -2.41. The molecule has 0 aliphatic carbocycles. The summed E-state index contributed by atoms with van der Waals surface area (Å²) in [6, 6.07) is 0. The molecule has 0 unspecified atom stereocenters. The average molecular weight is 340 g/mol. The number of hydrogen-bond donors (Lipinski definition) is 6. The molecule has 9 nitrogen and oxygen atoms in total. The lowest BCUT2D eigenvalue weighted by Crippen LogP contribution is -2.43. The van der Waals surface area contributed by atoms with Crippen molar-refractivity contribution < 1.29 is 44.9 Å². The van der Waals surface area contributed by atoms with E-state index in [0.717, 1.165) is 0 Å². The average Bonchev–Trinajstić information content (AvgIpc) is 2.57. The fourth-order valence-electron chi connectivity index (χ4n) is 1.66. The highest BCUT2D eigenvalue weighted by Gasteiger charge is 2.33. The quantitative estimate of drug-likeness (QED) is 0.182. The smallest absolute Gasteiger partial charge is 0.303 e. The topological polar surface area (TPSA) is 157 Å². The van der Waals surface area contributed by atoms with Gasteiger partial charge in [-0.15, -0.1) is 0 Å². The van der Waals surface area contributed by atoms with E-state index in [2.05, 4.69) is 0 Å². The van der Waals surface area contributed by atoms with E-state index in [4.69, 9.17) is 14.6 Å². The Hall–Kier alpha value is -0.810. The number of carboxylic acid groups (broad SMARTS) is 1. The maximum atomic E-state index is 10.4. The minimum absolute atomic E-state index is 0.0340. The van der Waals surface area contributed by atoms with Gasteiger partial charge in [0.1, 0.15) is 0 Å². The van der Waals surface area contributed by atoms with Crippen molar-refractivity contribution >= 4 is 5.97 Å². The summed E-state index contributed by atoms with van der Waals surface area (Å²) >= 11 is 0. The molecule has 0 aromatic heterocycles. The van der Waals surface area contributed by atoms with E-state index in [1.54, 1.807) is 0 Å². The van der Waals surface area contributed by atoms with Crippen LogP contribution in [0.15, 0.2) is 0 Å². The molecule has 0 bridgehead atoms. The van der Waals surface area contributed by atoms with Crippen LogP contribution in [0.2, 0.25) is 0 Å². The van der Waals surface area contributed by atoms with Crippen LogP contribution in [-0.2, 0) is 14.3 Å². The third-order valence-electron chi connectivity index (χ3n) is 3.58. The molecule has 0 aliphatic heterocycles. The first-order valence-corrected chi connectivity index (χ1v) is 7.35. The highest BCUT2D eigenvalue weighted by Crippen LogP contribution is 2.21. The normalized spacial score (nSPS) is 12.6. The molecule has 9 heteroatoms. The summed E-state index contributed by atoms with van der Waals surface area (Å²) in [5, 5.41) is 55.0. The van der Waals surface area contributed by atoms with Crippen molar-refractivity contribution in [2.45, 2.75) is 12.8 Å². The molecule has 0 radical (unpaired) electrons. The van der Waals surface area contributed by atoms with Gasteiger partial charge in [-0.1, -0.05) is 0 Å². The largest absolute Gasteiger partial charge is 0.481 e. The lowest BCUT2D eigenvalue weighted by atomic mass is 9.90. The van der Waals surface area contributed by atoms with Crippen molar-refractivity contribution in [2.24, 2.45) is 10.8 Å². The molecule has 0 rings (SSSR count). The summed E-state index contributed by atoms with van der Waals surface area (Å²) < 4.78 is 10.6. The van der Waals surface area contributed by atoms with Gasteiger partial charge in [-0.2, -0.15) is 0 Å². The highest BCUT2D eigenvalue weighted by atomic mass is 16.5. The van der Waals surface area contributed by atoms with Crippen LogP contribution in [0.4, 0.5) is 0 Å². The Morgan fingerprint density at radius 2 is 1.17 bits per heavy atom. The Morgan fingerprint density at radius 3 is 1.61 bits per heavy atom. The van der Waals surface area contributed by atoms with Crippen molar-refractivity contribution in [3.05, 3.63) is 0 Å². The van der Waals surface area contributed by atoms with Gasteiger partial charge in [0, 0.05) is 13.0 Å². The standard InChI is InChI=1S/C14H28O9/c15-4-13(5-16,6-17)9-23-11-14(7-18,8-19)10-22-3-1-2-12(20)21/h15-19H,1-11H2,(H,20,21). The highest BCUT2D eigenvalue weighted by molar-refractivity contribution is 5.66. The predicted molar refractivity (Wildman–Crippen MR) is 78.8 cm³/mol. The van der Waals surface area contributed by atoms with E-state index >= 15 is 0 Å². The Balaban J connectivity index is 4.34. The predicted octanol–water partition coefficient (Wildman–Crippen LogP) is -2.18. The second kappa shape index (κ2) is 11.7. The zero-order valence-electron chi connectivity index (χ0n) is 13.2. The van der Waals surface area contributed by atoms with E-state index < -0.39 is 49.8 Å². The second-order valence-corrected chi connectivity index (χ2v) is 5.83. The summed E-state index contributed by atoms with van der Waals surface area (Å²) in [5.41, 5.74) is -2.28. The van der Waals surface area contributed by atoms with E-state index in [-0.39, 0.29) is 32.8 Å². The molecule has 0 aromatic rings. The zero-order chi connectivity index (χ0) is 17.8. The first-order valence-electron chi connectivity index (χ1n) is 7.35. The summed E-state index contributed by atoms with van der Waals surface area (Å²) in [6.07, 6.45) is 0.277. The van der Waals surface area contributed by atoms with Crippen molar-refractivity contribution in [3.63, 3.8) is 0 Å². The first-order chi connectivity index (χ1) is 10.9. The molecular formula is C14H28O9. The summed E-state index contributed by atoms with van der Waals surface area (Å²) in [5.74, 6) is -0.930. The molecular weight excluding hydrogens is 312 g/mol. The minimum Gasteiger partial charge on any atom is -0.481 e. The van der Waals surface area contributed by atoms with Crippen molar-refractivity contribution in [3.8, 4) is 0 Å². The lowest BCUT2D eigenvalue weighted by molar-refractivity contribution is -0.137. The molecule has 0 saturated heterocycles. The number of aliphatic carboxylic acids is 1. The molecule has 6 N–H and O–H groups in total. The number of carboxylic acids is 1. The van der Waals surface area contributed by atoms with Gasteiger partial charge in [-0.3, -0.25) is 4.79 Å². The van der Waals surface area contributed by atoms with Crippen molar-refractivity contribution in [1.29, 1.82) is 0 Å². The number of aliphatic hydroxyl groups is 5. The second-order valence-electron chi connectivity index (χ2n) is 5.83. The van der Waals surface area contributed by atoms with Crippen LogP contribution < -0.4 is 0 Å². The monoisotopic (exact) mass is 340 g/mol. The lowest BCUT2D eigenvalue weighted by Gasteiger charge is -2.32. The number of hydrogen-bond acceptors (Lipinski definition) is 8.